The van der Waals surface area contributed by atoms with Gasteiger partial charge in [-0.2, -0.15) is 5.10 Å². The number of halogens is 1. The van der Waals surface area contributed by atoms with Gasteiger partial charge in [-0.25, -0.2) is 0 Å². The van der Waals surface area contributed by atoms with Gasteiger partial charge in [0, 0.05) is 5.39 Å². The molecule has 2 rings (SSSR count). The molecular weight excluding hydrogens is 216 g/mol. The molecule has 0 radical (unpaired) electrons. The summed E-state index contributed by atoms with van der Waals surface area (Å²) in [5.41, 5.74) is 0.827. The Morgan fingerprint density at radius 3 is 3.13 bits per heavy atom. The highest BCUT2D eigenvalue weighted by Crippen LogP contribution is 2.22. The van der Waals surface area contributed by atoms with E-state index in [0.717, 1.165) is 10.9 Å². The average molecular weight is 225 g/mol. The third-order valence-electron chi connectivity index (χ3n) is 2.14. The lowest BCUT2D eigenvalue weighted by Gasteiger charge is -2.01. The van der Waals surface area contributed by atoms with Gasteiger partial charge in [-0.05, 0) is 12.1 Å². The Labute approximate surface area is 91.4 Å². The molecule has 0 aliphatic rings. The van der Waals surface area contributed by atoms with Crippen LogP contribution >= 0.6 is 11.6 Å². The molecule has 1 aromatic heterocycles. The Hall–Kier alpha value is -1.55. The fraction of sp³-hybridized carbons (Fsp3) is 0.200. The predicted molar refractivity (Wildman–Crippen MR) is 56.8 cm³/mol. The molecule has 15 heavy (non-hydrogen) atoms. The summed E-state index contributed by atoms with van der Waals surface area (Å²) >= 11 is 5.97. The lowest BCUT2D eigenvalue weighted by molar-refractivity contribution is -0.141. The van der Waals surface area contributed by atoms with Crippen LogP contribution < -0.4 is 0 Å². The highest BCUT2D eigenvalue weighted by Gasteiger charge is 2.08. The summed E-state index contributed by atoms with van der Waals surface area (Å²) in [4.78, 5) is 11.1. The van der Waals surface area contributed by atoms with Crippen molar-refractivity contribution in [2.24, 2.45) is 0 Å². The van der Waals surface area contributed by atoms with Crippen LogP contribution in [-0.2, 0) is 16.1 Å². The highest BCUT2D eigenvalue weighted by atomic mass is 35.5. The number of methoxy groups -OCH3 is 1. The van der Waals surface area contributed by atoms with E-state index in [-0.39, 0.29) is 12.5 Å². The van der Waals surface area contributed by atoms with Crippen molar-refractivity contribution < 1.29 is 9.53 Å². The summed E-state index contributed by atoms with van der Waals surface area (Å²) in [6.07, 6.45) is 1.64. The van der Waals surface area contributed by atoms with Crippen molar-refractivity contribution in [3.05, 3.63) is 29.4 Å². The second kappa shape index (κ2) is 3.90. The van der Waals surface area contributed by atoms with E-state index in [9.17, 15) is 4.79 Å². The zero-order chi connectivity index (χ0) is 10.8. The first kappa shape index (κ1) is 9.98. The van der Waals surface area contributed by atoms with E-state index in [4.69, 9.17) is 11.6 Å². The Morgan fingerprint density at radius 2 is 2.40 bits per heavy atom. The van der Waals surface area contributed by atoms with E-state index in [0.29, 0.717) is 5.02 Å². The van der Waals surface area contributed by atoms with Crippen molar-refractivity contribution in [2.45, 2.75) is 6.54 Å². The number of fused-ring (bicyclic) bond motifs is 1. The second-order valence-corrected chi connectivity index (χ2v) is 3.46. The zero-order valence-corrected chi connectivity index (χ0v) is 8.86. The van der Waals surface area contributed by atoms with Gasteiger partial charge in [0.25, 0.3) is 0 Å². The van der Waals surface area contributed by atoms with Crippen LogP contribution in [0.5, 0.6) is 0 Å². The summed E-state index contributed by atoms with van der Waals surface area (Å²) in [6, 6.07) is 5.46. The van der Waals surface area contributed by atoms with Crippen LogP contribution in [0.15, 0.2) is 24.4 Å². The molecule has 0 fully saturated rings. The van der Waals surface area contributed by atoms with Crippen LogP contribution in [-0.4, -0.2) is 22.9 Å². The number of ether oxygens (including phenoxy) is 1. The largest absolute Gasteiger partial charge is 0.468 e. The molecule has 0 bridgehead atoms. The third kappa shape index (κ3) is 1.80. The molecule has 0 aliphatic carbocycles. The minimum Gasteiger partial charge on any atom is -0.468 e. The van der Waals surface area contributed by atoms with E-state index in [1.807, 2.05) is 12.1 Å². The maximum absolute atomic E-state index is 11.1. The monoisotopic (exact) mass is 224 g/mol. The molecule has 1 heterocycles. The molecule has 78 valence electrons. The topological polar surface area (TPSA) is 44.1 Å². The molecule has 5 heteroatoms. The van der Waals surface area contributed by atoms with Gasteiger partial charge in [0.15, 0.2) is 0 Å². The van der Waals surface area contributed by atoms with E-state index in [1.165, 1.54) is 7.11 Å². The molecular formula is C10H9ClN2O2. The van der Waals surface area contributed by atoms with Crippen LogP contribution in [0.25, 0.3) is 10.9 Å². The van der Waals surface area contributed by atoms with Gasteiger partial charge in [0.1, 0.15) is 6.54 Å². The van der Waals surface area contributed by atoms with Crippen molar-refractivity contribution in [2.75, 3.05) is 7.11 Å². The molecule has 0 spiro atoms. The molecule has 4 nitrogen and oxygen atoms in total. The number of hydrogen-bond acceptors (Lipinski definition) is 3. The lowest BCUT2D eigenvalue weighted by atomic mass is 10.2. The number of carbonyl (C=O) groups is 1. The minimum absolute atomic E-state index is 0.0976. The summed E-state index contributed by atoms with van der Waals surface area (Å²) in [5.74, 6) is -0.333. The standard InChI is InChI=1S/C10H9ClN2O2/c1-15-10(14)6-13-9-4-2-3-8(11)7(9)5-12-13/h2-5H,6H2,1H3. The molecule has 0 aliphatic heterocycles. The summed E-state index contributed by atoms with van der Waals surface area (Å²) in [5, 5.41) is 5.54. The van der Waals surface area contributed by atoms with Crippen molar-refractivity contribution in [3.8, 4) is 0 Å². The number of aromatic nitrogens is 2. The molecule has 1 aromatic carbocycles. The van der Waals surface area contributed by atoms with Gasteiger partial charge < -0.3 is 4.74 Å². The second-order valence-electron chi connectivity index (χ2n) is 3.05. The van der Waals surface area contributed by atoms with Gasteiger partial charge in [0.2, 0.25) is 0 Å². The highest BCUT2D eigenvalue weighted by molar-refractivity contribution is 6.35. The first-order valence-electron chi connectivity index (χ1n) is 4.39. The summed E-state index contributed by atoms with van der Waals surface area (Å²) in [7, 11) is 1.35. The van der Waals surface area contributed by atoms with Crippen molar-refractivity contribution in [3.63, 3.8) is 0 Å². The van der Waals surface area contributed by atoms with Crippen molar-refractivity contribution >= 4 is 28.5 Å². The lowest BCUT2D eigenvalue weighted by Crippen LogP contribution is -2.12. The fourth-order valence-corrected chi connectivity index (χ4v) is 1.60. The minimum atomic E-state index is -0.333. The zero-order valence-electron chi connectivity index (χ0n) is 8.11. The number of rotatable bonds is 2. The van der Waals surface area contributed by atoms with Gasteiger partial charge in [0.05, 0.1) is 23.8 Å². The van der Waals surface area contributed by atoms with Crippen LogP contribution in [0, 0.1) is 0 Å². The Kier molecular flexibility index (Phi) is 2.60. The molecule has 0 saturated heterocycles. The van der Waals surface area contributed by atoms with Crippen molar-refractivity contribution in [1.82, 2.24) is 9.78 Å². The molecule has 0 N–H and O–H groups in total. The SMILES string of the molecule is COC(=O)Cn1ncc2c(Cl)cccc21. The smallest absolute Gasteiger partial charge is 0.327 e. The normalized spacial score (nSPS) is 10.5. The maximum atomic E-state index is 11.1. The number of carbonyl (C=O) groups excluding carboxylic acids is 1. The van der Waals surface area contributed by atoms with Gasteiger partial charge in [-0.3, -0.25) is 9.48 Å². The van der Waals surface area contributed by atoms with Gasteiger partial charge >= 0.3 is 5.97 Å². The first-order valence-corrected chi connectivity index (χ1v) is 4.77. The number of hydrogen-bond donors (Lipinski definition) is 0. The molecule has 0 atom stereocenters. The Morgan fingerprint density at radius 1 is 1.60 bits per heavy atom. The van der Waals surface area contributed by atoms with E-state index >= 15 is 0 Å². The van der Waals surface area contributed by atoms with Crippen LogP contribution in [0.4, 0.5) is 0 Å². The first-order chi connectivity index (χ1) is 7.22. The third-order valence-corrected chi connectivity index (χ3v) is 2.47. The Balaban J connectivity index is 2.45. The van der Waals surface area contributed by atoms with Crippen LogP contribution in [0.2, 0.25) is 5.02 Å². The Bertz CT molecular complexity index is 507. The van der Waals surface area contributed by atoms with Crippen molar-refractivity contribution in [1.29, 1.82) is 0 Å². The molecule has 0 amide bonds. The van der Waals surface area contributed by atoms with Gasteiger partial charge in [-0.15, -0.1) is 0 Å². The number of benzene rings is 1. The molecule has 0 unspecified atom stereocenters. The number of esters is 1. The predicted octanol–water partition coefficient (Wildman–Crippen LogP) is 1.86. The summed E-state index contributed by atoms with van der Waals surface area (Å²) in [6.45, 7) is 0.0976. The fourth-order valence-electron chi connectivity index (χ4n) is 1.38. The molecule has 2 aromatic rings. The van der Waals surface area contributed by atoms with E-state index in [2.05, 4.69) is 9.84 Å². The van der Waals surface area contributed by atoms with E-state index in [1.54, 1.807) is 16.9 Å². The molecule has 0 saturated carbocycles. The average Bonchev–Trinajstić information content (AvgIpc) is 2.63. The summed E-state index contributed by atoms with van der Waals surface area (Å²) < 4.78 is 6.13. The van der Waals surface area contributed by atoms with Crippen LogP contribution in [0.3, 0.4) is 0 Å². The quantitative estimate of drug-likeness (QED) is 0.732. The van der Waals surface area contributed by atoms with Crippen LogP contribution in [0.1, 0.15) is 0 Å². The van der Waals surface area contributed by atoms with Gasteiger partial charge in [-0.1, -0.05) is 17.7 Å². The maximum Gasteiger partial charge on any atom is 0.327 e. The number of nitrogens with zero attached hydrogens (tertiary/aromatic N) is 2. The van der Waals surface area contributed by atoms with E-state index < -0.39 is 0 Å².